The highest BCUT2D eigenvalue weighted by atomic mass is 15.1. The lowest BCUT2D eigenvalue weighted by Gasteiger charge is -2.06. The minimum absolute atomic E-state index is 0.632. The highest BCUT2D eigenvalue weighted by Gasteiger charge is 2.12. The largest absolute Gasteiger partial charge is 0.324 e. The predicted molar refractivity (Wildman–Crippen MR) is 78.1 cm³/mol. The highest BCUT2D eigenvalue weighted by molar-refractivity contribution is 5.81. The van der Waals surface area contributed by atoms with E-state index in [1.54, 1.807) is 0 Å². The molecule has 0 bridgehead atoms. The molecule has 0 aliphatic rings. The lowest BCUT2D eigenvalue weighted by Crippen LogP contribution is -1.98. The monoisotopic (exact) mass is 262 g/mol. The van der Waals surface area contributed by atoms with Crippen molar-refractivity contribution >= 4 is 11.0 Å². The van der Waals surface area contributed by atoms with Gasteiger partial charge in [-0.25, -0.2) is 4.98 Å². The maximum absolute atomic E-state index is 8.99. The SMILES string of the molecule is CCn1c(-c2cncc(C)c2)nc2cc(C#N)ccc21. The summed E-state index contributed by atoms with van der Waals surface area (Å²) >= 11 is 0. The Morgan fingerprint density at radius 2 is 2.10 bits per heavy atom. The van der Waals surface area contributed by atoms with Crippen LogP contribution >= 0.6 is 0 Å². The maximum atomic E-state index is 8.99. The number of pyridine rings is 1. The third-order valence-electron chi connectivity index (χ3n) is 3.33. The van der Waals surface area contributed by atoms with Gasteiger partial charge in [0.2, 0.25) is 0 Å². The second-order valence-electron chi connectivity index (χ2n) is 4.75. The van der Waals surface area contributed by atoms with Crippen LogP contribution in [-0.4, -0.2) is 14.5 Å². The number of nitriles is 1. The average molecular weight is 262 g/mol. The van der Waals surface area contributed by atoms with Crippen molar-refractivity contribution in [3.63, 3.8) is 0 Å². The van der Waals surface area contributed by atoms with Crippen molar-refractivity contribution in [1.29, 1.82) is 5.26 Å². The van der Waals surface area contributed by atoms with Gasteiger partial charge in [0.05, 0.1) is 22.7 Å². The lowest BCUT2D eigenvalue weighted by molar-refractivity contribution is 0.796. The van der Waals surface area contributed by atoms with E-state index in [0.717, 1.165) is 34.5 Å². The quantitative estimate of drug-likeness (QED) is 0.712. The molecule has 2 heterocycles. The Kier molecular flexibility index (Phi) is 2.96. The summed E-state index contributed by atoms with van der Waals surface area (Å²) in [6.07, 6.45) is 3.65. The van der Waals surface area contributed by atoms with E-state index in [2.05, 4.69) is 33.6 Å². The zero-order chi connectivity index (χ0) is 14.1. The van der Waals surface area contributed by atoms with Crippen LogP contribution in [0.3, 0.4) is 0 Å². The molecule has 3 rings (SSSR count). The van der Waals surface area contributed by atoms with Crippen LogP contribution in [0.1, 0.15) is 18.1 Å². The number of benzene rings is 1. The van der Waals surface area contributed by atoms with E-state index in [4.69, 9.17) is 5.26 Å². The summed E-state index contributed by atoms with van der Waals surface area (Å²) in [6.45, 7) is 4.93. The fraction of sp³-hybridized carbons (Fsp3) is 0.188. The Hall–Kier alpha value is -2.67. The molecule has 20 heavy (non-hydrogen) atoms. The van der Waals surface area contributed by atoms with Crippen LogP contribution < -0.4 is 0 Å². The lowest BCUT2D eigenvalue weighted by atomic mass is 10.2. The van der Waals surface area contributed by atoms with E-state index in [9.17, 15) is 0 Å². The second kappa shape index (κ2) is 4.78. The number of rotatable bonds is 2. The molecule has 4 nitrogen and oxygen atoms in total. The van der Waals surface area contributed by atoms with Crippen LogP contribution in [0, 0.1) is 18.3 Å². The normalized spacial score (nSPS) is 10.7. The summed E-state index contributed by atoms with van der Waals surface area (Å²) in [7, 11) is 0. The molecule has 0 radical (unpaired) electrons. The van der Waals surface area contributed by atoms with Crippen molar-refractivity contribution in [3.8, 4) is 17.5 Å². The molecule has 0 aliphatic heterocycles. The van der Waals surface area contributed by atoms with E-state index in [1.807, 2.05) is 37.5 Å². The summed E-state index contributed by atoms with van der Waals surface area (Å²) in [5, 5.41) is 8.99. The molecule has 0 amide bonds. The summed E-state index contributed by atoms with van der Waals surface area (Å²) in [5.41, 5.74) is 4.63. The molecule has 0 spiro atoms. The molecule has 2 aromatic heterocycles. The van der Waals surface area contributed by atoms with Crippen LogP contribution in [0.2, 0.25) is 0 Å². The van der Waals surface area contributed by atoms with Gasteiger partial charge in [0.25, 0.3) is 0 Å². The molecule has 0 atom stereocenters. The predicted octanol–water partition coefficient (Wildman–Crippen LogP) is 3.30. The van der Waals surface area contributed by atoms with E-state index in [0.29, 0.717) is 5.56 Å². The van der Waals surface area contributed by atoms with Gasteiger partial charge in [0.1, 0.15) is 5.82 Å². The van der Waals surface area contributed by atoms with Crippen molar-refractivity contribution in [2.24, 2.45) is 0 Å². The number of imidazole rings is 1. The third kappa shape index (κ3) is 1.94. The number of nitrogens with zero attached hydrogens (tertiary/aromatic N) is 4. The van der Waals surface area contributed by atoms with Gasteiger partial charge in [0, 0.05) is 24.5 Å². The second-order valence-corrected chi connectivity index (χ2v) is 4.75. The van der Waals surface area contributed by atoms with Gasteiger partial charge in [-0.1, -0.05) is 0 Å². The summed E-state index contributed by atoms with van der Waals surface area (Å²) in [5.74, 6) is 0.897. The van der Waals surface area contributed by atoms with Gasteiger partial charge in [-0.05, 0) is 43.7 Å². The Morgan fingerprint density at radius 1 is 1.25 bits per heavy atom. The number of hydrogen-bond donors (Lipinski definition) is 0. The van der Waals surface area contributed by atoms with Gasteiger partial charge in [0.15, 0.2) is 0 Å². The fourth-order valence-electron chi connectivity index (χ4n) is 2.42. The molecule has 0 saturated carbocycles. The van der Waals surface area contributed by atoms with E-state index >= 15 is 0 Å². The molecular formula is C16H14N4. The van der Waals surface area contributed by atoms with Crippen molar-refractivity contribution in [2.75, 3.05) is 0 Å². The van der Waals surface area contributed by atoms with Crippen LogP contribution in [0.4, 0.5) is 0 Å². The van der Waals surface area contributed by atoms with Crippen LogP contribution in [0.5, 0.6) is 0 Å². The van der Waals surface area contributed by atoms with Gasteiger partial charge in [-0.15, -0.1) is 0 Å². The Morgan fingerprint density at radius 3 is 2.80 bits per heavy atom. The average Bonchev–Trinajstić information content (AvgIpc) is 2.84. The van der Waals surface area contributed by atoms with Crippen molar-refractivity contribution < 1.29 is 0 Å². The topological polar surface area (TPSA) is 54.5 Å². The first kappa shape index (κ1) is 12.4. The fourth-order valence-corrected chi connectivity index (χ4v) is 2.42. The summed E-state index contributed by atoms with van der Waals surface area (Å²) in [4.78, 5) is 8.91. The first-order valence-corrected chi connectivity index (χ1v) is 6.55. The molecule has 3 aromatic rings. The molecule has 0 unspecified atom stereocenters. The van der Waals surface area contributed by atoms with E-state index in [1.165, 1.54) is 0 Å². The van der Waals surface area contributed by atoms with Crippen molar-refractivity contribution in [1.82, 2.24) is 14.5 Å². The summed E-state index contributed by atoms with van der Waals surface area (Å²) in [6, 6.07) is 9.84. The number of aromatic nitrogens is 3. The molecule has 98 valence electrons. The van der Waals surface area contributed by atoms with Crippen LogP contribution in [-0.2, 0) is 6.54 Å². The molecule has 0 N–H and O–H groups in total. The molecule has 0 fully saturated rings. The first-order valence-electron chi connectivity index (χ1n) is 6.55. The molecule has 1 aromatic carbocycles. The molecular weight excluding hydrogens is 248 g/mol. The number of fused-ring (bicyclic) bond motifs is 1. The number of aryl methyl sites for hydroxylation is 2. The van der Waals surface area contributed by atoms with Gasteiger partial charge in [-0.2, -0.15) is 5.26 Å². The van der Waals surface area contributed by atoms with Gasteiger partial charge in [-0.3, -0.25) is 4.98 Å². The highest BCUT2D eigenvalue weighted by Crippen LogP contribution is 2.25. The maximum Gasteiger partial charge on any atom is 0.142 e. The van der Waals surface area contributed by atoms with Crippen molar-refractivity contribution in [2.45, 2.75) is 20.4 Å². The van der Waals surface area contributed by atoms with E-state index in [-0.39, 0.29) is 0 Å². The van der Waals surface area contributed by atoms with Crippen LogP contribution in [0.25, 0.3) is 22.4 Å². The van der Waals surface area contributed by atoms with Crippen molar-refractivity contribution in [3.05, 3.63) is 47.8 Å². The Balaban J connectivity index is 2.28. The minimum Gasteiger partial charge on any atom is -0.324 e. The minimum atomic E-state index is 0.632. The van der Waals surface area contributed by atoms with Gasteiger partial charge >= 0.3 is 0 Å². The number of hydrogen-bond acceptors (Lipinski definition) is 3. The molecule has 4 heteroatoms. The van der Waals surface area contributed by atoms with Crippen LogP contribution in [0.15, 0.2) is 36.7 Å². The zero-order valence-electron chi connectivity index (χ0n) is 11.5. The Bertz CT molecular complexity index is 824. The summed E-state index contributed by atoms with van der Waals surface area (Å²) < 4.78 is 2.15. The first-order chi connectivity index (χ1) is 9.72. The molecule has 0 saturated heterocycles. The zero-order valence-corrected chi connectivity index (χ0v) is 11.5. The Labute approximate surface area is 117 Å². The van der Waals surface area contributed by atoms with Gasteiger partial charge < -0.3 is 4.57 Å². The van der Waals surface area contributed by atoms with E-state index < -0.39 is 0 Å². The smallest absolute Gasteiger partial charge is 0.142 e. The standard InChI is InChI=1S/C16H14N4/c1-3-20-15-5-4-12(8-17)7-14(15)19-16(20)13-6-11(2)9-18-10-13/h4-7,9-10H,3H2,1-2H3. The third-order valence-corrected chi connectivity index (χ3v) is 3.33. The molecule has 0 aliphatic carbocycles.